The van der Waals surface area contributed by atoms with Crippen LogP contribution in [0.4, 0.5) is 0 Å². The molecule has 1 aliphatic carbocycles. The summed E-state index contributed by atoms with van der Waals surface area (Å²) < 4.78 is 2.23. The molecule has 3 aromatic rings. The van der Waals surface area contributed by atoms with E-state index in [4.69, 9.17) is 0 Å². The molecule has 4 rings (SSSR count). The number of hydrogen-bond acceptors (Lipinski definition) is 3. The maximum absolute atomic E-state index is 4.48. The summed E-state index contributed by atoms with van der Waals surface area (Å²) in [6, 6.07) is 19.1. The second kappa shape index (κ2) is 6.20. The van der Waals surface area contributed by atoms with E-state index in [-0.39, 0.29) is 0 Å². The van der Waals surface area contributed by atoms with Gasteiger partial charge in [-0.2, -0.15) is 0 Å². The summed E-state index contributed by atoms with van der Waals surface area (Å²) in [6.07, 6.45) is 2.46. The van der Waals surface area contributed by atoms with Gasteiger partial charge in [-0.1, -0.05) is 59.8 Å². The second-order valence-electron chi connectivity index (χ2n) is 6.06. The Bertz CT molecular complexity index is 806. The van der Waals surface area contributed by atoms with Crippen molar-refractivity contribution in [3.8, 4) is 5.69 Å². The van der Waals surface area contributed by atoms with Crippen LogP contribution in [-0.2, 0) is 5.75 Å². The van der Waals surface area contributed by atoms with Gasteiger partial charge >= 0.3 is 0 Å². The Morgan fingerprint density at radius 3 is 2.61 bits per heavy atom. The molecule has 116 valence electrons. The third-order valence-corrected chi connectivity index (χ3v) is 5.07. The summed E-state index contributed by atoms with van der Waals surface area (Å²) in [7, 11) is 0. The monoisotopic (exact) mass is 321 g/mol. The molecule has 0 unspecified atom stereocenters. The van der Waals surface area contributed by atoms with E-state index in [1.807, 2.05) is 6.07 Å². The fourth-order valence-electron chi connectivity index (χ4n) is 2.75. The van der Waals surface area contributed by atoms with Gasteiger partial charge in [0.25, 0.3) is 0 Å². The molecule has 0 N–H and O–H groups in total. The first-order valence-corrected chi connectivity index (χ1v) is 8.99. The van der Waals surface area contributed by atoms with E-state index >= 15 is 0 Å². The maximum atomic E-state index is 4.48. The minimum atomic E-state index is 0.580. The molecule has 1 aromatic heterocycles. The Kier molecular flexibility index (Phi) is 3.92. The van der Waals surface area contributed by atoms with Crippen molar-refractivity contribution in [2.24, 2.45) is 0 Å². The molecule has 4 heteroatoms. The lowest BCUT2D eigenvalue weighted by molar-refractivity contribution is 0.829. The summed E-state index contributed by atoms with van der Waals surface area (Å²) in [5.74, 6) is 2.61. The molecule has 0 bridgehead atoms. The molecule has 0 amide bonds. The van der Waals surface area contributed by atoms with Crippen molar-refractivity contribution in [3.05, 3.63) is 71.5 Å². The van der Waals surface area contributed by atoms with Gasteiger partial charge in [-0.05, 0) is 37.5 Å². The van der Waals surface area contributed by atoms with E-state index in [9.17, 15) is 0 Å². The van der Waals surface area contributed by atoms with E-state index in [0.717, 1.165) is 22.4 Å². The lowest BCUT2D eigenvalue weighted by Gasteiger charge is -2.09. The molecule has 1 aliphatic rings. The zero-order chi connectivity index (χ0) is 15.6. The van der Waals surface area contributed by atoms with E-state index < -0.39 is 0 Å². The lowest BCUT2D eigenvalue weighted by Crippen LogP contribution is -2.01. The molecule has 0 saturated heterocycles. The predicted molar refractivity (Wildman–Crippen MR) is 94.1 cm³/mol. The second-order valence-corrected chi connectivity index (χ2v) is 7.01. The number of para-hydroxylation sites is 1. The van der Waals surface area contributed by atoms with E-state index in [1.54, 1.807) is 11.8 Å². The average molecular weight is 321 g/mol. The minimum absolute atomic E-state index is 0.580. The van der Waals surface area contributed by atoms with Gasteiger partial charge in [-0.3, -0.25) is 4.57 Å². The highest BCUT2D eigenvalue weighted by atomic mass is 32.2. The van der Waals surface area contributed by atoms with Crippen molar-refractivity contribution < 1.29 is 0 Å². The molecule has 0 radical (unpaired) electrons. The fraction of sp³-hybridized carbons (Fsp3) is 0.263. The molecule has 0 aliphatic heterocycles. The van der Waals surface area contributed by atoms with Gasteiger partial charge in [-0.25, -0.2) is 0 Å². The van der Waals surface area contributed by atoms with Crippen molar-refractivity contribution in [1.82, 2.24) is 14.8 Å². The molecular weight excluding hydrogens is 302 g/mol. The number of thioether (sulfide) groups is 1. The van der Waals surface area contributed by atoms with E-state index in [2.05, 4.69) is 70.2 Å². The van der Waals surface area contributed by atoms with Crippen molar-refractivity contribution >= 4 is 11.8 Å². The standard InChI is InChI=1S/C19H19N3S/c1-14-6-5-7-15(12-14)13-23-19-21-20-18(16-10-11-16)22(19)17-8-3-2-4-9-17/h2-9,12,16H,10-11,13H2,1H3. The van der Waals surface area contributed by atoms with Crippen LogP contribution in [0.2, 0.25) is 0 Å². The minimum Gasteiger partial charge on any atom is -0.274 e. The highest BCUT2D eigenvalue weighted by Crippen LogP contribution is 2.41. The summed E-state index contributed by atoms with van der Waals surface area (Å²) in [6.45, 7) is 2.13. The van der Waals surface area contributed by atoms with Crippen molar-refractivity contribution in [2.45, 2.75) is 36.6 Å². The van der Waals surface area contributed by atoms with Crippen LogP contribution in [0.3, 0.4) is 0 Å². The number of aryl methyl sites for hydroxylation is 1. The first-order valence-electron chi connectivity index (χ1n) is 8.00. The molecular formula is C19H19N3S. The normalized spacial score (nSPS) is 14.1. The molecule has 23 heavy (non-hydrogen) atoms. The van der Waals surface area contributed by atoms with Crippen molar-refractivity contribution in [1.29, 1.82) is 0 Å². The zero-order valence-corrected chi connectivity index (χ0v) is 14.0. The van der Waals surface area contributed by atoms with E-state index in [0.29, 0.717) is 5.92 Å². The van der Waals surface area contributed by atoms with Gasteiger partial charge in [-0.15, -0.1) is 10.2 Å². The summed E-state index contributed by atoms with van der Waals surface area (Å²) >= 11 is 1.76. The first kappa shape index (κ1) is 14.5. The maximum Gasteiger partial charge on any atom is 0.196 e. The zero-order valence-electron chi connectivity index (χ0n) is 13.1. The number of nitrogens with zero attached hydrogens (tertiary/aromatic N) is 3. The Labute approximate surface area is 140 Å². The van der Waals surface area contributed by atoms with Crippen LogP contribution in [0.15, 0.2) is 59.8 Å². The van der Waals surface area contributed by atoms with Crippen LogP contribution in [0.25, 0.3) is 5.69 Å². The predicted octanol–water partition coefficient (Wildman–Crippen LogP) is 4.75. The number of benzene rings is 2. The molecule has 1 saturated carbocycles. The Balaban J connectivity index is 1.63. The quantitative estimate of drug-likeness (QED) is 0.636. The van der Waals surface area contributed by atoms with Gasteiger partial charge in [0.05, 0.1) is 0 Å². The van der Waals surface area contributed by atoms with Gasteiger partial charge in [0, 0.05) is 17.4 Å². The number of aromatic nitrogens is 3. The first-order chi connectivity index (χ1) is 11.3. The number of hydrogen-bond donors (Lipinski definition) is 0. The van der Waals surface area contributed by atoms with E-state index in [1.165, 1.54) is 24.0 Å². The highest BCUT2D eigenvalue weighted by Gasteiger charge is 2.30. The van der Waals surface area contributed by atoms with Crippen molar-refractivity contribution in [2.75, 3.05) is 0 Å². The largest absolute Gasteiger partial charge is 0.274 e. The highest BCUT2D eigenvalue weighted by molar-refractivity contribution is 7.98. The molecule has 1 heterocycles. The van der Waals surface area contributed by atoms with Gasteiger partial charge in [0.2, 0.25) is 0 Å². The smallest absolute Gasteiger partial charge is 0.196 e. The summed E-state index contributed by atoms with van der Waals surface area (Å²) in [4.78, 5) is 0. The molecule has 0 spiro atoms. The Hall–Kier alpha value is -2.07. The van der Waals surface area contributed by atoms with Crippen LogP contribution < -0.4 is 0 Å². The van der Waals surface area contributed by atoms with Gasteiger partial charge < -0.3 is 0 Å². The molecule has 2 aromatic carbocycles. The van der Waals surface area contributed by atoms with Crippen LogP contribution in [-0.4, -0.2) is 14.8 Å². The number of rotatable bonds is 5. The average Bonchev–Trinajstić information content (AvgIpc) is 3.33. The fourth-order valence-corrected chi connectivity index (χ4v) is 3.65. The van der Waals surface area contributed by atoms with Crippen LogP contribution in [0.1, 0.15) is 35.7 Å². The van der Waals surface area contributed by atoms with Gasteiger partial charge in [0.15, 0.2) is 5.16 Å². The van der Waals surface area contributed by atoms with Gasteiger partial charge in [0.1, 0.15) is 5.82 Å². The molecule has 0 atom stereocenters. The third-order valence-electron chi connectivity index (χ3n) is 4.07. The van der Waals surface area contributed by atoms with Crippen LogP contribution in [0.5, 0.6) is 0 Å². The van der Waals surface area contributed by atoms with Crippen LogP contribution >= 0.6 is 11.8 Å². The SMILES string of the molecule is Cc1cccc(CSc2nnc(C3CC3)n2-c2ccccc2)c1. The van der Waals surface area contributed by atoms with Crippen molar-refractivity contribution in [3.63, 3.8) is 0 Å². The topological polar surface area (TPSA) is 30.7 Å². The van der Waals surface area contributed by atoms with Crippen LogP contribution in [0, 0.1) is 6.92 Å². The Morgan fingerprint density at radius 2 is 1.87 bits per heavy atom. The molecule has 1 fully saturated rings. The third kappa shape index (κ3) is 3.17. The summed E-state index contributed by atoms with van der Waals surface area (Å²) in [5.41, 5.74) is 3.78. The Morgan fingerprint density at radius 1 is 1.04 bits per heavy atom. The molecule has 3 nitrogen and oxygen atoms in total. The summed E-state index contributed by atoms with van der Waals surface area (Å²) in [5, 5.41) is 9.93. The lowest BCUT2D eigenvalue weighted by atomic mass is 10.2.